The van der Waals surface area contributed by atoms with Crippen molar-refractivity contribution in [2.24, 2.45) is 0 Å². The van der Waals surface area contributed by atoms with E-state index >= 15 is 0 Å². The molecular weight excluding hydrogens is 392 g/mol. The van der Waals surface area contributed by atoms with Crippen LogP contribution in [0.25, 0.3) is 0 Å². The van der Waals surface area contributed by atoms with Gasteiger partial charge in [-0.15, -0.1) is 0 Å². The molecule has 2 heterocycles. The molecule has 0 atom stereocenters. The van der Waals surface area contributed by atoms with E-state index in [9.17, 15) is 13.2 Å². The summed E-state index contributed by atoms with van der Waals surface area (Å²) in [6.07, 6.45) is 4.43. The number of amides is 1. The van der Waals surface area contributed by atoms with E-state index in [4.69, 9.17) is 9.47 Å². The van der Waals surface area contributed by atoms with E-state index in [1.54, 1.807) is 28.6 Å². The molecule has 0 unspecified atom stereocenters. The molecule has 2 fully saturated rings. The van der Waals surface area contributed by atoms with Crippen LogP contribution in [-0.4, -0.2) is 69.0 Å². The average Bonchev–Trinajstić information content (AvgIpc) is 3.15. The summed E-state index contributed by atoms with van der Waals surface area (Å²) in [5.74, 6) is 0.851. The summed E-state index contributed by atoms with van der Waals surface area (Å²) in [4.78, 5) is 14.0. The monoisotopic (exact) mass is 424 g/mol. The summed E-state index contributed by atoms with van der Waals surface area (Å²) in [6.45, 7) is 5.58. The zero-order chi connectivity index (χ0) is 20.7. The van der Waals surface area contributed by atoms with Gasteiger partial charge in [-0.25, -0.2) is 8.42 Å². The van der Waals surface area contributed by atoms with Gasteiger partial charge in [0.25, 0.3) is 0 Å². The Kier molecular flexibility index (Phi) is 7.91. The first-order valence-electron chi connectivity index (χ1n) is 10.6. The van der Waals surface area contributed by atoms with E-state index < -0.39 is 10.0 Å². The zero-order valence-corrected chi connectivity index (χ0v) is 18.0. The topological polar surface area (TPSA) is 76.2 Å². The number of rotatable bonds is 10. The molecule has 0 aromatic heterocycles. The van der Waals surface area contributed by atoms with Gasteiger partial charge in [-0.3, -0.25) is 4.79 Å². The summed E-state index contributed by atoms with van der Waals surface area (Å²) in [7, 11) is -3.63. The summed E-state index contributed by atoms with van der Waals surface area (Å²) in [5.41, 5.74) is 0. The van der Waals surface area contributed by atoms with Crippen molar-refractivity contribution in [2.45, 2.75) is 56.4 Å². The highest BCUT2D eigenvalue weighted by Gasteiger charge is 2.32. The molecular formula is C21H32N2O5S. The molecule has 2 aliphatic heterocycles. The average molecular weight is 425 g/mol. The molecule has 3 rings (SSSR count). The third-order valence-electron chi connectivity index (χ3n) is 5.48. The second-order valence-corrected chi connectivity index (χ2v) is 9.51. The minimum atomic E-state index is -3.63. The highest BCUT2D eigenvalue weighted by atomic mass is 32.2. The molecule has 29 heavy (non-hydrogen) atoms. The number of carbonyl (C=O) groups is 1. The van der Waals surface area contributed by atoms with Crippen LogP contribution in [0.5, 0.6) is 5.75 Å². The molecule has 1 aromatic rings. The van der Waals surface area contributed by atoms with Gasteiger partial charge in [0.15, 0.2) is 0 Å². The molecule has 8 heteroatoms. The van der Waals surface area contributed by atoms with Crippen LogP contribution in [0.4, 0.5) is 0 Å². The first-order valence-corrected chi connectivity index (χ1v) is 12.1. The third kappa shape index (κ3) is 5.71. The number of hydrogen-bond acceptors (Lipinski definition) is 5. The van der Waals surface area contributed by atoms with Crippen LogP contribution in [0.15, 0.2) is 29.2 Å². The highest BCUT2D eigenvalue weighted by Crippen LogP contribution is 2.26. The van der Waals surface area contributed by atoms with Crippen LogP contribution in [0.1, 0.15) is 45.4 Å². The maximum Gasteiger partial charge on any atom is 0.243 e. The fourth-order valence-electron chi connectivity index (χ4n) is 3.89. The fourth-order valence-corrected chi connectivity index (χ4v) is 5.62. The number of hydrogen-bond donors (Lipinski definition) is 0. The quantitative estimate of drug-likeness (QED) is 0.577. The van der Waals surface area contributed by atoms with Crippen molar-refractivity contribution in [3.8, 4) is 5.75 Å². The Morgan fingerprint density at radius 1 is 1.21 bits per heavy atom. The number of sulfonamides is 1. The van der Waals surface area contributed by atoms with Crippen LogP contribution < -0.4 is 4.74 Å². The Morgan fingerprint density at radius 3 is 2.55 bits per heavy atom. The molecule has 0 aliphatic carbocycles. The van der Waals surface area contributed by atoms with Crippen LogP contribution in [0, 0.1) is 0 Å². The maximum absolute atomic E-state index is 13.4. The van der Waals surface area contributed by atoms with Crippen LogP contribution in [-0.2, 0) is 19.6 Å². The second kappa shape index (κ2) is 10.4. The molecule has 0 saturated carbocycles. The van der Waals surface area contributed by atoms with Gasteiger partial charge in [0.2, 0.25) is 15.9 Å². The van der Waals surface area contributed by atoms with E-state index in [0.29, 0.717) is 64.3 Å². The van der Waals surface area contributed by atoms with E-state index in [-0.39, 0.29) is 16.8 Å². The summed E-state index contributed by atoms with van der Waals surface area (Å²) in [5, 5.41) is 0. The lowest BCUT2D eigenvalue weighted by Crippen LogP contribution is -2.44. The van der Waals surface area contributed by atoms with Crippen molar-refractivity contribution >= 4 is 15.9 Å². The summed E-state index contributed by atoms with van der Waals surface area (Å²) in [6, 6.07) is 6.60. The Bertz CT molecular complexity index is 760. The number of ether oxygens (including phenoxy) is 2. The van der Waals surface area contributed by atoms with Crippen molar-refractivity contribution in [1.82, 2.24) is 9.21 Å². The Balaban J connectivity index is 1.71. The molecule has 0 N–H and O–H groups in total. The SMILES string of the molecule is CCCOc1ccc(S(=O)(=O)N(CCCN2CCCC2=O)C2CCOCC2)cc1. The first-order chi connectivity index (χ1) is 14.0. The predicted octanol–water partition coefficient (Wildman–Crippen LogP) is 2.66. The Hall–Kier alpha value is -1.64. The van der Waals surface area contributed by atoms with Gasteiger partial charge in [-0.1, -0.05) is 6.92 Å². The highest BCUT2D eigenvalue weighted by molar-refractivity contribution is 7.89. The Morgan fingerprint density at radius 2 is 1.93 bits per heavy atom. The van der Waals surface area contributed by atoms with Crippen molar-refractivity contribution in [1.29, 1.82) is 0 Å². The van der Waals surface area contributed by atoms with Crippen molar-refractivity contribution in [2.75, 3.05) is 39.5 Å². The summed E-state index contributed by atoms with van der Waals surface area (Å²) >= 11 is 0. The van der Waals surface area contributed by atoms with Gasteiger partial charge in [-0.05, 0) is 56.4 Å². The lowest BCUT2D eigenvalue weighted by molar-refractivity contribution is -0.127. The van der Waals surface area contributed by atoms with E-state index in [0.717, 1.165) is 19.4 Å². The molecule has 7 nitrogen and oxygen atoms in total. The number of likely N-dealkylation sites (tertiary alicyclic amines) is 1. The van der Waals surface area contributed by atoms with Crippen LogP contribution in [0.2, 0.25) is 0 Å². The van der Waals surface area contributed by atoms with E-state index in [1.807, 2.05) is 11.8 Å². The largest absolute Gasteiger partial charge is 0.494 e. The first kappa shape index (κ1) is 22.1. The van der Waals surface area contributed by atoms with Gasteiger partial charge in [0, 0.05) is 45.3 Å². The molecule has 1 amide bonds. The molecule has 162 valence electrons. The zero-order valence-electron chi connectivity index (χ0n) is 17.2. The maximum atomic E-state index is 13.4. The normalized spacial score (nSPS) is 18.6. The van der Waals surface area contributed by atoms with Gasteiger partial charge < -0.3 is 14.4 Å². The van der Waals surface area contributed by atoms with Crippen LogP contribution in [0.3, 0.4) is 0 Å². The number of carbonyl (C=O) groups excluding carboxylic acids is 1. The van der Waals surface area contributed by atoms with Crippen molar-refractivity contribution in [3.05, 3.63) is 24.3 Å². The van der Waals surface area contributed by atoms with E-state index in [1.165, 1.54) is 0 Å². The van der Waals surface area contributed by atoms with Gasteiger partial charge in [-0.2, -0.15) is 4.31 Å². The van der Waals surface area contributed by atoms with Gasteiger partial charge in [0.05, 0.1) is 11.5 Å². The summed E-state index contributed by atoms with van der Waals surface area (Å²) < 4.78 is 39.4. The van der Waals surface area contributed by atoms with Crippen LogP contribution >= 0.6 is 0 Å². The standard InChI is InChI=1S/C21H32N2O5S/c1-2-15-28-19-6-8-20(9-7-19)29(25,26)23(18-10-16-27-17-11-18)14-4-13-22-12-3-5-21(22)24/h6-9,18H,2-5,10-17H2,1H3. The number of benzene rings is 1. The lowest BCUT2D eigenvalue weighted by Gasteiger charge is -2.33. The minimum Gasteiger partial charge on any atom is -0.494 e. The minimum absolute atomic E-state index is 0.0703. The third-order valence-corrected chi connectivity index (χ3v) is 7.45. The Labute approximate surface area is 174 Å². The van der Waals surface area contributed by atoms with Gasteiger partial charge >= 0.3 is 0 Å². The smallest absolute Gasteiger partial charge is 0.243 e. The molecule has 0 bridgehead atoms. The lowest BCUT2D eigenvalue weighted by atomic mass is 10.1. The van der Waals surface area contributed by atoms with Crippen molar-refractivity contribution in [3.63, 3.8) is 0 Å². The second-order valence-electron chi connectivity index (χ2n) is 7.62. The van der Waals surface area contributed by atoms with Gasteiger partial charge in [0.1, 0.15) is 5.75 Å². The van der Waals surface area contributed by atoms with E-state index in [2.05, 4.69) is 0 Å². The predicted molar refractivity (Wildman–Crippen MR) is 110 cm³/mol. The number of nitrogens with zero attached hydrogens (tertiary/aromatic N) is 2. The molecule has 2 saturated heterocycles. The molecule has 2 aliphatic rings. The fraction of sp³-hybridized carbons (Fsp3) is 0.667. The molecule has 0 spiro atoms. The molecule has 0 radical (unpaired) electrons. The molecule has 1 aromatic carbocycles. The van der Waals surface area contributed by atoms with Crippen molar-refractivity contribution < 1.29 is 22.7 Å².